The number of aromatic nitrogens is 6. The van der Waals surface area contributed by atoms with Crippen molar-refractivity contribution in [2.75, 3.05) is 0 Å². The Morgan fingerprint density at radius 2 is 1.73 bits per heavy atom. The first kappa shape index (κ1) is 17.6. The highest BCUT2D eigenvalue weighted by Crippen LogP contribution is 2.24. The van der Waals surface area contributed by atoms with Crippen LogP contribution in [0.25, 0.3) is 22.9 Å². The quantitative estimate of drug-likeness (QED) is 0.689. The lowest BCUT2D eigenvalue weighted by atomic mass is 10.2. The van der Waals surface area contributed by atoms with Crippen molar-refractivity contribution < 1.29 is 13.2 Å². The Morgan fingerprint density at radius 1 is 1.08 bits per heavy atom. The molecule has 0 amide bonds. The third kappa shape index (κ3) is 3.27. The molecule has 3 rings (SSSR count). The van der Waals surface area contributed by atoms with Gasteiger partial charge in [0.15, 0.2) is 11.6 Å². The highest BCUT2D eigenvalue weighted by atomic mass is 19.4. The van der Waals surface area contributed by atoms with Crippen LogP contribution in [-0.4, -0.2) is 35.1 Å². The molecule has 0 aromatic carbocycles. The van der Waals surface area contributed by atoms with Gasteiger partial charge in [-0.05, 0) is 12.1 Å². The van der Waals surface area contributed by atoms with E-state index in [1.54, 1.807) is 12.1 Å². The molecule has 0 aliphatic rings. The van der Waals surface area contributed by atoms with E-state index in [2.05, 4.69) is 15.1 Å². The Hall–Kier alpha value is -3.24. The van der Waals surface area contributed by atoms with Gasteiger partial charge in [0.2, 0.25) is 0 Å². The van der Waals surface area contributed by atoms with Gasteiger partial charge in [-0.2, -0.15) is 18.3 Å². The summed E-state index contributed by atoms with van der Waals surface area (Å²) < 4.78 is 41.3. The number of hydrogen-bond donors (Lipinski definition) is 0. The van der Waals surface area contributed by atoms with Crippen LogP contribution in [0.3, 0.4) is 0 Å². The number of pyridine rings is 1. The van der Waals surface area contributed by atoms with E-state index in [1.165, 1.54) is 26.5 Å². The molecular weight excluding hydrogens is 353 g/mol. The zero-order valence-electron chi connectivity index (χ0n) is 13.7. The van der Waals surface area contributed by atoms with Crippen LogP contribution in [0.15, 0.2) is 40.2 Å². The molecule has 136 valence electrons. The van der Waals surface area contributed by atoms with Gasteiger partial charge in [-0.25, -0.2) is 14.5 Å². The lowest BCUT2D eigenvalue weighted by Crippen LogP contribution is -2.37. The maximum Gasteiger partial charge on any atom is 0.408 e. The zero-order chi connectivity index (χ0) is 19.1. The summed E-state index contributed by atoms with van der Waals surface area (Å²) in [5.74, 6) is -0.203. The summed E-state index contributed by atoms with van der Waals surface area (Å²) in [6.45, 7) is -1.41. The summed E-state index contributed by atoms with van der Waals surface area (Å²) >= 11 is 0. The molecule has 0 bridgehead atoms. The second kappa shape index (κ2) is 6.24. The molecule has 3 heterocycles. The summed E-state index contributed by atoms with van der Waals surface area (Å²) in [4.78, 5) is 32.0. The van der Waals surface area contributed by atoms with E-state index < -0.39 is 24.0 Å². The van der Waals surface area contributed by atoms with Crippen molar-refractivity contribution in [2.45, 2.75) is 12.7 Å². The lowest BCUT2D eigenvalue weighted by Gasteiger charge is -2.11. The van der Waals surface area contributed by atoms with E-state index in [0.717, 1.165) is 15.2 Å². The topological polar surface area (TPSA) is 87.6 Å². The zero-order valence-corrected chi connectivity index (χ0v) is 13.7. The van der Waals surface area contributed by atoms with Gasteiger partial charge in [0.1, 0.15) is 6.54 Å². The van der Waals surface area contributed by atoms with Crippen LogP contribution in [0.5, 0.6) is 0 Å². The standard InChI is InChI=1S/C15H13F3N6O2/c1-22-10(7-11(25)23(2)14(22)26)13-20-12(9-3-5-19-6-4-9)21-24(13)8-15(16,17)18/h3-7H,8H2,1-2H3. The summed E-state index contributed by atoms with van der Waals surface area (Å²) in [6.07, 6.45) is -1.66. The summed E-state index contributed by atoms with van der Waals surface area (Å²) in [5, 5.41) is 3.90. The molecule has 3 aromatic rings. The normalized spacial score (nSPS) is 11.7. The van der Waals surface area contributed by atoms with Crippen LogP contribution in [0, 0.1) is 0 Å². The molecular formula is C15H13F3N6O2. The van der Waals surface area contributed by atoms with Crippen molar-refractivity contribution in [3.8, 4) is 22.9 Å². The van der Waals surface area contributed by atoms with Gasteiger partial charge in [0.25, 0.3) is 5.56 Å². The van der Waals surface area contributed by atoms with Crippen molar-refractivity contribution in [1.82, 2.24) is 28.9 Å². The van der Waals surface area contributed by atoms with E-state index in [-0.39, 0.29) is 17.3 Å². The summed E-state index contributed by atoms with van der Waals surface area (Å²) in [6, 6.07) is 4.13. The van der Waals surface area contributed by atoms with Crippen molar-refractivity contribution in [2.24, 2.45) is 14.1 Å². The van der Waals surface area contributed by atoms with E-state index in [0.29, 0.717) is 10.2 Å². The first-order valence-corrected chi connectivity index (χ1v) is 7.37. The second-order valence-corrected chi connectivity index (χ2v) is 5.54. The number of hydrogen-bond acceptors (Lipinski definition) is 5. The molecule has 0 atom stereocenters. The highest BCUT2D eigenvalue weighted by Gasteiger charge is 2.31. The molecule has 0 unspecified atom stereocenters. The van der Waals surface area contributed by atoms with Crippen LogP contribution in [-0.2, 0) is 20.6 Å². The van der Waals surface area contributed by atoms with Crippen LogP contribution in [0.1, 0.15) is 0 Å². The maximum atomic E-state index is 12.9. The first-order valence-electron chi connectivity index (χ1n) is 7.37. The van der Waals surface area contributed by atoms with Crippen molar-refractivity contribution in [1.29, 1.82) is 0 Å². The van der Waals surface area contributed by atoms with Crippen LogP contribution in [0.4, 0.5) is 13.2 Å². The van der Waals surface area contributed by atoms with Crippen LogP contribution in [0.2, 0.25) is 0 Å². The van der Waals surface area contributed by atoms with E-state index in [4.69, 9.17) is 0 Å². The van der Waals surface area contributed by atoms with Gasteiger partial charge in [0.05, 0.1) is 5.69 Å². The van der Waals surface area contributed by atoms with E-state index in [9.17, 15) is 22.8 Å². The van der Waals surface area contributed by atoms with Crippen LogP contribution >= 0.6 is 0 Å². The van der Waals surface area contributed by atoms with Crippen LogP contribution < -0.4 is 11.2 Å². The molecule has 0 N–H and O–H groups in total. The Bertz CT molecular complexity index is 1070. The number of alkyl halides is 3. The number of halogens is 3. The largest absolute Gasteiger partial charge is 0.408 e. The minimum atomic E-state index is -4.56. The van der Waals surface area contributed by atoms with Crippen molar-refractivity contribution in [3.05, 3.63) is 51.4 Å². The minimum absolute atomic E-state index is 0.0276. The van der Waals surface area contributed by atoms with Crippen molar-refractivity contribution >= 4 is 0 Å². The Kier molecular flexibility index (Phi) is 4.22. The average molecular weight is 366 g/mol. The van der Waals surface area contributed by atoms with Gasteiger partial charge in [-0.3, -0.25) is 18.9 Å². The predicted molar refractivity (Wildman–Crippen MR) is 85.2 cm³/mol. The Labute approximate surface area is 144 Å². The molecule has 11 heteroatoms. The molecule has 0 saturated heterocycles. The lowest BCUT2D eigenvalue weighted by molar-refractivity contribution is -0.142. The third-order valence-electron chi connectivity index (χ3n) is 3.69. The summed E-state index contributed by atoms with van der Waals surface area (Å²) in [5.41, 5.74) is -0.944. The van der Waals surface area contributed by atoms with Crippen molar-refractivity contribution in [3.63, 3.8) is 0 Å². The Balaban J connectivity index is 2.25. The first-order chi connectivity index (χ1) is 12.2. The number of rotatable bonds is 3. The molecule has 0 aliphatic heterocycles. The van der Waals surface area contributed by atoms with E-state index in [1.807, 2.05) is 0 Å². The average Bonchev–Trinajstić information content (AvgIpc) is 2.98. The fourth-order valence-corrected chi connectivity index (χ4v) is 2.38. The number of nitrogens with zero attached hydrogens (tertiary/aromatic N) is 6. The minimum Gasteiger partial charge on any atom is -0.293 e. The SMILES string of the molecule is Cn1c(-c2nc(-c3ccncc3)nn2CC(F)(F)F)cc(=O)n(C)c1=O. The monoisotopic (exact) mass is 366 g/mol. The molecule has 0 saturated carbocycles. The maximum absolute atomic E-state index is 12.9. The fourth-order valence-electron chi connectivity index (χ4n) is 2.38. The predicted octanol–water partition coefficient (Wildman–Crippen LogP) is 0.967. The molecule has 0 radical (unpaired) electrons. The molecule has 8 nitrogen and oxygen atoms in total. The third-order valence-corrected chi connectivity index (χ3v) is 3.69. The molecule has 0 fully saturated rings. The van der Waals surface area contributed by atoms with Gasteiger partial charge in [-0.1, -0.05) is 0 Å². The molecule has 0 aliphatic carbocycles. The second-order valence-electron chi connectivity index (χ2n) is 5.54. The summed E-state index contributed by atoms with van der Waals surface area (Å²) in [7, 11) is 2.62. The molecule has 0 spiro atoms. The van der Waals surface area contributed by atoms with Gasteiger partial charge in [-0.15, -0.1) is 0 Å². The molecule has 3 aromatic heterocycles. The smallest absolute Gasteiger partial charge is 0.293 e. The van der Waals surface area contributed by atoms with Gasteiger partial charge >= 0.3 is 11.9 Å². The fraction of sp³-hybridized carbons (Fsp3) is 0.267. The van der Waals surface area contributed by atoms with Gasteiger partial charge in [0, 0.05) is 38.1 Å². The van der Waals surface area contributed by atoms with E-state index >= 15 is 0 Å². The van der Waals surface area contributed by atoms with Gasteiger partial charge < -0.3 is 0 Å². The highest BCUT2D eigenvalue weighted by molar-refractivity contribution is 5.59. The Morgan fingerprint density at radius 3 is 2.35 bits per heavy atom. The molecule has 26 heavy (non-hydrogen) atoms.